The zero-order valence-electron chi connectivity index (χ0n) is 14.4. The molecule has 0 aromatic carbocycles. The van der Waals surface area contributed by atoms with E-state index in [9.17, 15) is 9.59 Å². The zero-order chi connectivity index (χ0) is 18.1. The molecule has 3 heterocycles. The average Bonchev–Trinajstić information content (AvgIpc) is 3.19. The first kappa shape index (κ1) is 17.4. The lowest BCUT2D eigenvalue weighted by Gasteiger charge is -2.05. The fourth-order valence-corrected chi connectivity index (χ4v) is 5.20. The number of ether oxygens (including phenoxy) is 1. The van der Waals surface area contributed by atoms with Crippen molar-refractivity contribution in [3.8, 4) is 5.75 Å². The minimum atomic E-state index is -0.139. The number of pyridine rings is 1. The summed E-state index contributed by atoms with van der Waals surface area (Å²) in [6, 6.07) is 1.54. The minimum Gasteiger partial charge on any atom is -0.488 e. The summed E-state index contributed by atoms with van der Waals surface area (Å²) < 4.78 is 5.39. The Balaban J connectivity index is 1.52. The monoisotopic (exact) mass is 389 g/mol. The highest BCUT2D eigenvalue weighted by molar-refractivity contribution is 7.98. The normalized spacial score (nSPS) is 13.3. The lowest BCUT2D eigenvalue weighted by molar-refractivity contribution is 0.313. The Bertz CT molecular complexity index is 1070. The van der Waals surface area contributed by atoms with Crippen LogP contribution in [-0.4, -0.2) is 21.6 Å². The largest absolute Gasteiger partial charge is 0.488 e. The first-order valence-corrected chi connectivity index (χ1v) is 10.5. The predicted molar refractivity (Wildman–Crippen MR) is 105 cm³/mol. The number of nitrogens with zero attached hydrogens (tertiary/aromatic N) is 1. The van der Waals surface area contributed by atoms with Gasteiger partial charge in [0.2, 0.25) is 5.43 Å². The second-order valence-electron chi connectivity index (χ2n) is 6.23. The maximum absolute atomic E-state index is 12.5. The van der Waals surface area contributed by atoms with Crippen LogP contribution in [0.2, 0.25) is 0 Å². The van der Waals surface area contributed by atoms with Gasteiger partial charge >= 0.3 is 0 Å². The molecule has 3 aromatic rings. The third-order valence-corrected chi connectivity index (χ3v) is 6.42. The van der Waals surface area contributed by atoms with Crippen LogP contribution in [0.5, 0.6) is 5.75 Å². The van der Waals surface area contributed by atoms with Crippen molar-refractivity contribution in [3.63, 3.8) is 0 Å². The van der Waals surface area contributed by atoms with E-state index in [1.54, 1.807) is 17.5 Å². The number of aryl methyl sites for hydroxylation is 2. The minimum absolute atomic E-state index is 0.0614. The van der Waals surface area contributed by atoms with Crippen LogP contribution in [-0.2, 0) is 18.6 Å². The van der Waals surface area contributed by atoms with Crippen LogP contribution >= 0.6 is 23.1 Å². The van der Waals surface area contributed by atoms with Gasteiger partial charge in [0, 0.05) is 28.6 Å². The summed E-state index contributed by atoms with van der Waals surface area (Å²) in [5.41, 5.74) is 1.75. The molecule has 2 N–H and O–H groups in total. The van der Waals surface area contributed by atoms with Crippen LogP contribution in [0.1, 0.15) is 35.9 Å². The number of thiophene rings is 1. The molecule has 1 aliphatic rings. The zero-order valence-corrected chi connectivity index (χ0v) is 16.0. The van der Waals surface area contributed by atoms with E-state index in [-0.39, 0.29) is 11.0 Å². The molecular weight excluding hydrogens is 370 g/mol. The Hall–Kier alpha value is -2.06. The average molecular weight is 390 g/mol. The van der Waals surface area contributed by atoms with Gasteiger partial charge < -0.3 is 14.7 Å². The van der Waals surface area contributed by atoms with Crippen molar-refractivity contribution in [2.45, 2.75) is 43.5 Å². The van der Waals surface area contributed by atoms with Gasteiger partial charge in [-0.3, -0.25) is 9.59 Å². The van der Waals surface area contributed by atoms with Crippen LogP contribution in [0.4, 0.5) is 0 Å². The highest BCUT2D eigenvalue weighted by Gasteiger charge is 2.21. The summed E-state index contributed by atoms with van der Waals surface area (Å²) >= 11 is 3.03. The van der Waals surface area contributed by atoms with Crippen molar-refractivity contribution < 1.29 is 4.74 Å². The SMILES string of the molecule is CCCOc1c[nH]c(CSc2nc3sc4c(c3c(=O)[nH]2)CCC4)cc1=O. The number of aromatic amines is 2. The van der Waals surface area contributed by atoms with E-state index in [0.29, 0.717) is 23.3 Å². The molecule has 4 rings (SSSR count). The van der Waals surface area contributed by atoms with E-state index >= 15 is 0 Å². The molecule has 0 bridgehead atoms. The standard InChI is InChI=1S/C18H19N3O3S2/c1-2-6-24-13-8-19-10(7-12(13)22)9-25-18-20-16(23)15-11-4-3-5-14(11)26-17(15)21-18/h7-8H,2-6,9H2,1H3,(H,19,22)(H,20,21,23). The van der Waals surface area contributed by atoms with E-state index in [1.165, 1.54) is 28.3 Å². The fraction of sp³-hybridized carbons (Fsp3) is 0.389. The summed E-state index contributed by atoms with van der Waals surface area (Å²) in [7, 11) is 0. The molecule has 0 radical (unpaired) electrons. The number of fused-ring (bicyclic) bond motifs is 3. The van der Waals surface area contributed by atoms with Gasteiger partial charge in [-0.15, -0.1) is 11.3 Å². The van der Waals surface area contributed by atoms with E-state index in [4.69, 9.17) is 4.74 Å². The van der Waals surface area contributed by atoms with Crippen molar-refractivity contribution >= 4 is 33.3 Å². The van der Waals surface area contributed by atoms with Gasteiger partial charge in [-0.25, -0.2) is 4.98 Å². The summed E-state index contributed by atoms with van der Waals surface area (Å²) in [6.07, 6.45) is 5.59. The van der Waals surface area contributed by atoms with Gasteiger partial charge in [0.25, 0.3) is 5.56 Å². The summed E-state index contributed by atoms with van der Waals surface area (Å²) in [6.45, 7) is 2.51. The maximum atomic E-state index is 12.5. The van der Waals surface area contributed by atoms with Crippen molar-refractivity contribution in [1.82, 2.24) is 15.0 Å². The van der Waals surface area contributed by atoms with Crippen LogP contribution in [0, 0.1) is 0 Å². The highest BCUT2D eigenvalue weighted by atomic mass is 32.2. The van der Waals surface area contributed by atoms with E-state index in [2.05, 4.69) is 15.0 Å². The number of aromatic nitrogens is 3. The Labute approximate surface area is 158 Å². The second-order valence-corrected chi connectivity index (χ2v) is 8.28. The smallest absolute Gasteiger partial charge is 0.260 e. The number of hydrogen-bond acceptors (Lipinski definition) is 6. The molecule has 8 heteroatoms. The van der Waals surface area contributed by atoms with Crippen molar-refractivity contribution in [3.05, 3.63) is 49.0 Å². The van der Waals surface area contributed by atoms with Gasteiger partial charge in [-0.2, -0.15) is 0 Å². The van der Waals surface area contributed by atoms with Crippen LogP contribution < -0.4 is 15.7 Å². The van der Waals surface area contributed by atoms with Crippen LogP contribution in [0.15, 0.2) is 27.0 Å². The van der Waals surface area contributed by atoms with Crippen LogP contribution in [0.3, 0.4) is 0 Å². The van der Waals surface area contributed by atoms with E-state index < -0.39 is 0 Å². The Morgan fingerprint density at radius 2 is 2.23 bits per heavy atom. The third kappa shape index (κ3) is 3.31. The number of thioether (sulfide) groups is 1. The molecule has 0 spiro atoms. The summed E-state index contributed by atoms with van der Waals surface area (Å²) in [5, 5.41) is 1.34. The lowest BCUT2D eigenvalue weighted by atomic mass is 10.2. The van der Waals surface area contributed by atoms with Gasteiger partial charge in [0.15, 0.2) is 10.9 Å². The van der Waals surface area contributed by atoms with E-state index in [1.807, 2.05) is 6.92 Å². The molecular formula is C18H19N3O3S2. The first-order valence-electron chi connectivity index (χ1n) is 8.67. The molecule has 26 heavy (non-hydrogen) atoms. The molecule has 136 valence electrons. The topological polar surface area (TPSA) is 87.8 Å². The molecule has 3 aromatic heterocycles. The predicted octanol–water partition coefficient (Wildman–Crippen LogP) is 3.24. The van der Waals surface area contributed by atoms with Gasteiger partial charge in [0.05, 0.1) is 12.0 Å². The molecule has 1 aliphatic carbocycles. The van der Waals surface area contributed by atoms with Crippen molar-refractivity contribution in [1.29, 1.82) is 0 Å². The maximum Gasteiger partial charge on any atom is 0.260 e. The van der Waals surface area contributed by atoms with E-state index in [0.717, 1.165) is 41.6 Å². The first-order chi connectivity index (χ1) is 12.7. The molecule has 6 nitrogen and oxygen atoms in total. The van der Waals surface area contributed by atoms with Gasteiger partial charge in [0.1, 0.15) is 4.83 Å². The number of H-pyrrole nitrogens is 2. The van der Waals surface area contributed by atoms with Crippen molar-refractivity contribution in [2.75, 3.05) is 6.61 Å². The quantitative estimate of drug-likeness (QED) is 0.499. The molecule has 0 saturated heterocycles. The molecule has 0 saturated carbocycles. The Morgan fingerprint density at radius 1 is 1.35 bits per heavy atom. The fourth-order valence-electron chi connectivity index (χ4n) is 3.11. The Morgan fingerprint density at radius 3 is 3.04 bits per heavy atom. The Kier molecular flexibility index (Phi) is 4.86. The molecule has 0 unspecified atom stereocenters. The molecule has 0 atom stereocenters. The number of rotatable bonds is 6. The number of nitrogens with one attached hydrogen (secondary N) is 2. The summed E-state index contributed by atoms with van der Waals surface area (Å²) in [4.78, 5) is 37.2. The molecule has 0 aliphatic heterocycles. The molecule has 0 amide bonds. The second kappa shape index (κ2) is 7.28. The molecule has 0 fully saturated rings. The van der Waals surface area contributed by atoms with Crippen molar-refractivity contribution in [2.24, 2.45) is 0 Å². The number of hydrogen-bond donors (Lipinski definition) is 2. The van der Waals surface area contributed by atoms with Crippen LogP contribution in [0.25, 0.3) is 10.2 Å². The lowest BCUT2D eigenvalue weighted by Crippen LogP contribution is -2.10. The summed E-state index contributed by atoms with van der Waals surface area (Å²) in [5.74, 6) is 0.852. The third-order valence-electron chi connectivity index (χ3n) is 4.32. The highest BCUT2D eigenvalue weighted by Crippen LogP contribution is 2.35. The van der Waals surface area contributed by atoms with Gasteiger partial charge in [-0.1, -0.05) is 18.7 Å². The van der Waals surface area contributed by atoms with Gasteiger partial charge in [-0.05, 0) is 31.2 Å².